The van der Waals surface area contributed by atoms with E-state index in [2.05, 4.69) is 20.1 Å². The van der Waals surface area contributed by atoms with Crippen LogP contribution in [0.4, 0.5) is 43.0 Å². The highest BCUT2D eigenvalue weighted by atomic mass is 127. The van der Waals surface area contributed by atoms with Gasteiger partial charge in [-0.25, -0.2) is 39.8 Å². The number of aromatic nitrogens is 6. The Kier molecular flexibility index (Phi) is 19.9. The highest BCUT2D eigenvalue weighted by molar-refractivity contribution is 14.1. The molecule has 1 saturated heterocycles. The number of rotatable bonds is 10. The van der Waals surface area contributed by atoms with Crippen molar-refractivity contribution in [3.63, 3.8) is 0 Å². The number of ether oxygens (including phenoxy) is 1. The minimum Gasteiger partial charge on any atom is -0.381 e. The molecule has 0 aliphatic carbocycles. The summed E-state index contributed by atoms with van der Waals surface area (Å²) in [5.74, 6) is -1.29. The molecule has 4 N–H and O–H groups in total. The molecule has 79 heavy (non-hydrogen) atoms. The standard InChI is InChI=1S/2C23H21FIN5O5S.C4H8O.2CH4/c1-12-19-18(20(28(2)21(12)31)26-17-9-8-13(25)10-16(17)24)22(32)29(3)23(33)30(19)15-7-5-6-14(11-15)27-36(4,34)35;1-12-19(26-14-6-5-7-15(11-14)27-36(4,34)35)18-20(28(2)21(12)31)30(23(33)29(3)22(18)32)17-9-8-13(25)10-16(17)24;1-2-4-5-3-1;;/h2*5-11,26-27H,1-4H3;1-4H2;2*1H4. The summed E-state index contributed by atoms with van der Waals surface area (Å²) in [6.45, 7) is 5.00. The summed E-state index contributed by atoms with van der Waals surface area (Å²) in [4.78, 5) is 79.6. The molecule has 0 bridgehead atoms. The van der Waals surface area contributed by atoms with Crippen molar-refractivity contribution in [1.29, 1.82) is 0 Å². The van der Waals surface area contributed by atoms with E-state index in [1.165, 1.54) is 114 Å². The molecule has 422 valence electrons. The molecule has 4 aromatic heterocycles. The van der Waals surface area contributed by atoms with Crippen molar-refractivity contribution in [2.45, 2.75) is 41.5 Å². The average Bonchev–Trinajstić information content (AvgIpc) is 4.11. The van der Waals surface area contributed by atoms with Crippen molar-refractivity contribution in [3.05, 3.63) is 177 Å². The first kappa shape index (κ1) is 62.9. The predicted molar refractivity (Wildman–Crippen MR) is 325 cm³/mol. The fourth-order valence-corrected chi connectivity index (χ4v) is 10.4. The van der Waals surface area contributed by atoms with Crippen molar-refractivity contribution in [2.24, 2.45) is 28.2 Å². The van der Waals surface area contributed by atoms with Crippen LogP contribution in [-0.2, 0) is 53.0 Å². The number of benzene rings is 4. The summed E-state index contributed by atoms with van der Waals surface area (Å²) in [7, 11) is -1.75. The number of nitrogens with zero attached hydrogens (tertiary/aromatic N) is 6. The lowest BCUT2D eigenvalue weighted by atomic mass is 10.1. The van der Waals surface area contributed by atoms with Crippen LogP contribution in [0.5, 0.6) is 0 Å². The molecule has 9 rings (SSSR count). The van der Waals surface area contributed by atoms with Crippen LogP contribution in [-0.4, -0.2) is 70.0 Å². The molecule has 4 aromatic carbocycles. The Balaban J connectivity index is 0.000000260. The first-order valence-electron chi connectivity index (χ1n) is 23.0. The maximum Gasteiger partial charge on any atom is 0.337 e. The van der Waals surface area contributed by atoms with E-state index < -0.39 is 65.3 Å². The van der Waals surface area contributed by atoms with Gasteiger partial charge in [-0.15, -0.1) is 0 Å². The molecule has 1 aliphatic rings. The van der Waals surface area contributed by atoms with Gasteiger partial charge in [-0.2, -0.15) is 0 Å². The van der Waals surface area contributed by atoms with E-state index in [-0.39, 0.29) is 87.9 Å². The summed E-state index contributed by atoms with van der Waals surface area (Å²) in [6.07, 6.45) is 4.56. The van der Waals surface area contributed by atoms with E-state index >= 15 is 4.39 Å². The van der Waals surface area contributed by atoms with Crippen molar-refractivity contribution in [1.82, 2.24) is 27.4 Å². The van der Waals surface area contributed by atoms with Crippen LogP contribution in [0.3, 0.4) is 0 Å². The zero-order valence-electron chi connectivity index (χ0n) is 42.4. The van der Waals surface area contributed by atoms with Gasteiger partial charge in [-0.1, -0.05) is 27.0 Å². The van der Waals surface area contributed by atoms with E-state index in [1.807, 2.05) is 45.2 Å². The van der Waals surface area contributed by atoms with Crippen LogP contribution in [0, 0.1) is 32.6 Å². The molecule has 1 fully saturated rings. The minimum absolute atomic E-state index is 0. The maximum atomic E-state index is 15.0. The van der Waals surface area contributed by atoms with Gasteiger partial charge in [0, 0.05) is 65.4 Å². The zero-order chi connectivity index (χ0) is 56.6. The number of nitrogens with one attached hydrogen (secondary N) is 4. The lowest BCUT2D eigenvalue weighted by molar-refractivity contribution is 0.198. The van der Waals surface area contributed by atoms with E-state index in [9.17, 15) is 50.0 Å². The third kappa shape index (κ3) is 13.6. The zero-order valence-corrected chi connectivity index (χ0v) is 48.4. The molecule has 21 nitrogen and oxygen atoms in total. The molecule has 0 spiro atoms. The normalized spacial score (nSPS) is 12.1. The summed E-state index contributed by atoms with van der Waals surface area (Å²) in [5, 5.41) is 5.84. The lowest BCUT2D eigenvalue weighted by Gasteiger charge is -2.20. The Hall–Kier alpha value is -6.96. The average molecular weight is 1360 g/mol. The van der Waals surface area contributed by atoms with Crippen LogP contribution in [0.1, 0.15) is 38.8 Å². The Morgan fingerprint density at radius 3 is 1.61 bits per heavy atom. The van der Waals surface area contributed by atoms with Gasteiger partial charge in [0.25, 0.3) is 22.2 Å². The Bertz CT molecular complexity index is 4320. The molecule has 0 unspecified atom stereocenters. The number of sulfonamides is 2. The summed E-state index contributed by atoms with van der Waals surface area (Å²) in [6, 6.07) is 20.9. The van der Waals surface area contributed by atoms with Crippen molar-refractivity contribution in [2.75, 3.05) is 45.8 Å². The molecule has 5 heterocycles. The SMILES string of the molecule is C.C.C1CCOC1.Cc1c(=O)n(C)c(Nc2ccc(I)cc2F)c2c(=O)n(C)c(=O)n(-c3cccc(NS(C)(=O)=O)c3)c12.Cc1c(Nc2cccc(NS(C)(=O)=O)c2)c2c(=O)n(C)c(=O)n(-c3ccc(I)cc3F)c2n(C)c1=O. The van der Waals surface area contributed by atoms with Crippen molar-refractivity contribution >= 4 is 121 Å². The Morgan fingerprint density at radius 1 is 0.557 bits per heavy atom. The molecule has 0 saturated carbocycles. The maximum absolute atomic E-state index is 15.0. The van der Waals surface area contributed by atoms with E-state index in [4.69, 9.17) is 4.74 Å². The first-order chi connectivity index (χ1) is 36.1. The fourth-order valence-electron chi connectivity index (χ4n) is 8.38. The predicted octanol–water partition coefficient (Wildman–Crippen LogP) is 7.18. The summed E-state index contributed by atoms with van der Waals surface area (Å²) in [5.41, 5.74) is -2.68. The molecule has 8 aromatic rings. The lowest BCUT2D eigenvalue weighted by Crippen LogP contribution is -2.41. The van der Waals surface area contributed by atoms with Crippen LogP contribution in [0.25, 0.3) is 33.3 Å². The molecule has 27 heteroatoms. The number of halogens is 4. The second-order valence-electron chi connectivity index (χ2n) is 17.8. The second-order valence-corrected chi connectivity index (χ2v) is 23.7. The van der Waals surface area contributed by atoms with Crippen LogP contribution in [0.15, 0.2) is 114 Å². The number of pyridine rings is 2. The molecular weight excluding hydrogens is 1300 g/mol. The summed E-state index contributed by atoms with van der Waals surface area (Å²) >= 11 is 3.90. The van der Waals surface area contributed by atoms with Gasteiger partial charge in [-0.05, 0) is 145 Å². The van der Waals surface area contributed by atoms with Gasteiger partial charge in [0.1, 0.15) is 33.9 Å². The van der Waals surface area contributed by atoms with Gasteiger partial charge >= 0.3 is 11.4 Å². The topological polar surface area (TPSA) is 258 Å². The third-order valence-corrected chi connectivity index (χ3v) is 14.6. The second kappa shape index (κ2) is 25.0. The molecule has 0 atom stereocenters. The van der Waals surface area contributed by atoms with E-state index in [1.54, 1.807) is 30.3 Å². The largest absolute Gasteiger partial charge is 0.381 e. The number of fused-ring (bicyclic) bond motifs is 2. The smallest absolute Gasteiger partial charge is 0.337 e. The van der Waals surface area contributed by atoms with Crippen molar-refractivity contribution in [3.8, 4) is 11.4 Å². The first-order valence-corrected chi connectivity index (χ1v) is 28.9. The molecular formula is C52H58F2I2N10O11S2. The van der Waals surface area contributed by atoms with Gasteiger partial charge < -0.3 is 15.4 Å². The number of anilines is 6. The molecule has 0 amide bonds. The third-order valence-electron chi connectivity index (χ3n) is 12.0. The van der Waals surface area contributed by atoms with E-state index in [0.717, 1.165) is 48.6 Å². The quantitative estimate of drug-likeness (QED) is 0.0991. The van der Waals surface area contributed by atoms with Crippen LogP contribution in [0.2, 0.25) is 0 Å². The van der Waals surface area contributed by atoms with Gasteiger partial charge in [0.15, 0.2) is 0 Å². The number of hydrogen-bond acceptors (Lipinski definition) is 13. The summed E-state index contributed by atoms with van der Waals surface area (Å²) < 4.78 is 93.5. The Morgan fingerprint density at radius 2 is 1.06 bits per heavy atom. The van der Waals surface area contributed by atoms with Gasteiger partial charge in [0.2, 0.25) is 20.0 Å². The van der Waals surface area contributed by atoms with Gasteiger partial charge in [-0.3, -0.25) is 51.5 Å². The molecule has 0 radical (unpaired) electrons. The highest BCUT2D eigenvalue weighted by Crippen LogP contribution is 2.30. The highest BCUT2D eigenvalue weighted by Gasteiger charge is 2.25. The fraction of sp³-hybridized carbons (Fsp3) is 0.269. The minimum atomic E-state index is -3.60. The van der Waals surface area contributed by atoms with Gasteiger partial charge in [0.05, 0.1) is 52.2 Å². The monoisotopic (exact) mass is 1350 g/mol. The van der Waals surface area contributed by atoms with Crippen LogP contribution < -0.4 is 53.7 Å². The Labute approximate surface area is 479 Å². The number of aryl methyl sites for hydroxylation is 2. The number of hydrogen-bond donors (Lipinski definition) is 4. The molecule has 1 aliphatic heterocycles. The van der Waals surface area contributed by atoms with Crippen LogP contribution >= 0.6 is 45.2 Å². The van der Waals surface area contributed by atoms with Crippen molar-refractivity contribution < 1.29 is 30.4 Å². The van der Waals surface area contributed by atoms with E-state index in [0.29, 0.717) is 12.8 Å².